The molecule has 0 saturated heterocycles. The van der Waals surface area contributed by atoms with E-state index in [0.717, 1.165) is 12.8 Å². The van der Waals surface area contributed by atoms with Gasteiger partial charge in [-0.15, -0.1) is 11.3 Å². The summed E-state index contributed by atoms with van der Waals surface area (Å²) in [6, 6.07) is 0. The average Bonchev–Trinajstić information content (AvgIpc) is 2.84. The molecule has 0 unspecified atom stereocenters. The zero-order valence-corrected chi connectivity index (χ0v) is 13.4. The second-order valence-corrected chi connectivity index (χ2v) is 5.99. The summed E-state index contributed by atoms with van der Waals surface area (Å²) >= 11 is 1.27. The Morgan fingerprint density at radius 3 is 2.52 bits per heavy atom. The zero-order valence-electron chi connectivity index (χ0n) is 12.6. The van der Waals surface area contributed by atoms with Crippen molar-refractivity contribution in [2.45, 2.75) is 64.7 Å². The van der Waals surface area contributed by atoms with E-state index in [0.29, 0.717) is 17.2 Å². The number of hydrogen-bond donors (Lipinski definition) is 2. The average molecular weight is 312 g/mol. The van der Waals surface area contributed by atoms with Crippen LogP contribution in [0.1, 0.15) is 64.0 Å². The quantitative estimate of drug-likeness (QED) is 0.608. The minimum Gasteiger partial charge on any atom is -0.481 e. The molecule has 6 heteroatoms. The largest absolute Gasteiger partial charge is 0.481 e. The lowest BCUT2D eigenvalue weighted by atomic mass is 10.1. The Hall–Kier alpha value is -1.43. The van der Waals surface area contributed by atoms with Crippen LogP contribution in [0.5, 0.6) is 0 Å². The summed E-state index contributed by atoms with van der Waals surface area (Å²) < 4.78 is 0. The minimum absolute atomic E-state index is 0.0419. The van der Waals surface area contributed by atoms with Gasteiger partial charge in [-0.1, -0.05) is 45.4 Å². The van der Waals surface area contributed by atoms with Crippen LogP contribution in [0.3, 0.4) is 0 Å². The lowest BCUT2D eigenvalue weighted by Gasteiger charge is -2.02. The Morgan fingerprint density at radius 2 is 1.86 bits per heavy atom. The molecule has 0 bridgehead atoms. The summed E-state index contributed by atoms with van der Waals surface area (Å²) in [7, 11) is 0. The summed E-state index contributed by atoms with van der Waals surface area (Å²) in [5, 5.41) is 13.5. The summed E-state index contributed by atoms with van der Waals surface area (Å²) in [5.74, 6) is -0.957. The Labute approximate surface area is 129 Å². The summed E-state index contributed by atoms with van der Waals surface area (Å²) in [5.41, 5.74) is 0.485. The molecule has 1 aromatic rings. The first-order valence-electron chi connectivity index (χ1n) is 7.58. The van der Waals surface area contributed by atoms with Crippen molar-refractivity contribution in [3.8, 4) is 0 Å². The van der Waals surface area contributed by atoms with Crippen molar-refractivity contribution in [1.82, 2.24) is 4.98 Å². The maximum Gasteiger partial charge on any atom is 0.309 e. The van der Waals surface area contributed by atoms with Crippen LogP contribution in [0.15, 0.2) is 5.38 Å². The molecule has 1 heterocycles. The van der Waals surface area contributed by atoms with Gasteiger partial charge >= 0.3 is 5.97 Å². The molecular formula is C15H24N2O3S. The van der Waals surface area contributed by atoms with Gasteiger partial charge in [0.1, 0.15) is 0 Å². The summed E-state index contributed by atoms with van der Waals surface area (Å²) in [4.78, 5) is 26.3. The van der Waals surface area contributed by atoms with Crippen LogP contribution >= 0.6 is 11.3 Å². The maximum absolute atomic E-state index is 11.7. The normalized spacial score (nSPS) is 10.5. The van der Waals surface area contributed by atoms with Gasteiger partial charge in [0.25, 0.3) is 0 Å². The van der Waals surface area contributed by atoms with Gasteiger partial charge in [-0.05, 0) is 6.42 Å². The van der Waals surface area contributed by atoms with E-state index < -0.39 is 5.97 Å². The van der Waals surface area contributed by atoms with Gasteiger partial charge in [0.2, 0.25) is 5.91 Å². The molecule has 0 radical (unpaired) electrons. The molecule has 0 atom stereocenters. The van der Waals surface area contributed by atoms with E-state index in [1.54, 1.807) is 5.38 Å². The van der Waals surface area contributed by atoms with Gasteiger partial charge < -0.3 is 10.4 Å². The summed E-state index contributed by atoms with van der Waals surface area (Å²) in [6.07, 6.45) is 8.64. The van der Waals surface area contributed by atoms with E-state index in [4.69, 9.17) is 5.11 Å². The molecule has 21 heavy (non-hydrogen) atoms. The highest BCUT2D eigenvalue weighted by Crippen LogP contribution is 2.16. The number of hydrogen-bond acceptors (Lipinski definition) is 4. The van der Waals surface area contributed by atoms with Gasteiger partial charge in [-0.25, -0.2) is 4.98 Å². The number of nitrogens with one attached hydrogen (secondary N) is 1. The van der Waals surface area contributed by atoms with Crippen LogP contribution in [0.4, 0.5) is 5.13 Å². The zero-order chi connectivity index (χ0) is 15.5. The third kappa shape index (κ3) is 8.45. The van der Waals surface area contributed by atoms with E-state index in [-0.39, 0.29) is 12.3 Å². The minimum atomic E-state index is -0.916. The number of anilines is 1. The molecule has 118 valence electrons. The van der Waals surface area contributed by atoms with E-state index in [1.807, 2.05) is 0 Å². The van der Waals surface area contributed by atoms with E-state index in [2.05, 4.69) is 17.2 Å². The van der Waals surface area contributed by atoms with Crippen molar-refractivity contribution in [1.29, 1.82) is 0 Å². The van der Waals surface area contributed by atoms with E-state index in [1.165, 1.54) is 43.4 Å². The fourth-order valence-corrected chi connectivity index (χ4v) is 2.75. The first-order valence-corrected chi connectivity index (χ1v) is 8.45. The van der Waals surface area contributed by atoms with E-state index in [9.17, 15) is 9.59 Å². The standard InChI is InChI=1S/C15H24N2O3S/c1-2-3-4-5-6-7-8-9-13(18)17-15-16-12(11-21-15)10-14(19)20/h11H,2-10H2,1H3,(H,19,20)(H,16,17,18). The number of amides is 1. The van der Waals surface area contributed by atoms with Gasteiger partial charge in [0, 0.05) is 11.8 Å². The maximum atomic E-state index is 11.7. The predicted octanol–water partition coefficient (Wildman–Crippen LogP) is 3.85. The van der Waals surface area contributed by atoms with Crippen LogP contribution < -0.4 is 5.32 Å². The number of carbonyl (C=O) groups is 2. The number of carbonyl (C=O) groups excluding carboxylic acids is 1. The molecule has 1 aromatic heterocycles. The molecule has 5 nitrogen and oxygen atoms in total. The third-order valence-corrected chi connectivity index (χ3v) is 3.94. The van der Waals surface area contributed by atoms with E-state index >= 15 is 0 Å². The first-order chi connectivity index (χ1) is 10.1. The molecule has 1 amide bonds. The monoisotopic (exact) mass is 312 g/mol. The highest BCUT2D eigenvalue weighted by atomic mass is 32.1. The number of rotatable bonds is 11. The topological polar surface area (TPSA) is 79.3 Å². The predicted molar refractivity (Wildman–Crippen MR) is 84.7 cm³/mol. The van der Waals surface area contributed by atoms with Crippen LogP contribution in [-0.2, 0) is 16.0 Å². The van der Waals surface area contributed by atoms with Crippen molar-refractivity contribution in [3.63, 3.8) is 0 Å². The van der Waals surface area contributed by atoms with Crippen LogP contribution in [0.25, 0.3) is 0 Å². The fraction of sp³-hybridized carbons (Fsp3) is 0.667. The first kappa shape index (κ1) is 17.6. The smallest absolute Gasteiger partial charge is 0.309 e. The SMILES string of the molecule is CCCCCCCCCC(=O)Nc1nc(CC(=O)O)cs1. The lowest BCUT2D eigenvalue weighted by molar-refractivity contribution is -0.136. The van der Waals surface area contributed by atoms with Crippen molar-refractivity contribution in [3.05, 3.63) is 11.1 Å². The molecule has 0 aromatic carbocycles. The summed E-state index contributed by atoms with van der Waals surface area (Å²) in [6.45, 7) is 2.20. The number of unbranched alkanes of at least 4 members (excludes halogenated alkanes) is 6. The number of aromatic nitrogens is 1. The number of thiazole rings is 1. The molecule has 0 spiro atoms. The molecular weight excluding hydrogens is 288 g/mol. The Morgan fingerprint density at radius 1 is 1.19 bits per heavy atom. The highest BCUT2D eigenvalue weighted by molar-refractivity contribution is 7.13. The van der Waals surface area contributed by atoms with Gasteiger partial charge in [0.05, 0.1) is 12.1 Å². The van der Waals surface area contributed by atoms with Crippen LogP contribution in [0.2, 0.25) is 0 Å². The molecule has 0 aliphatic heterocycles. The second-order valence-electron chi connectivity index (χ2n) is 5.13. The van der Waals surface area contributed by atoms with Crippen molar-refractivity contribution < 1.29 is 14.7 Å². The second kappa shape index (κ2) is 10.3. The van der Waals surface area contributed by atoms with Gasteiger partial charge in [-0.2, -0.15) is 0 Å². The van der Waals surface area contributed by atoms with Gasteiger partial charge in [0.15, 0.2) is 5.13 Å². The molecule has 1 rings (SSSR count). The molecule has 0 aliphatic carbocycles. The van der Waals surface area contributed by atoms with Crippen LogP contribution in [0, 0.1) is 0 Å². The molecule has 0 saturated carbocycles. The highest BCUT2D eigenvalue weighted by Gasteiger charge is 2.08. The number of aliphatic carboxylic acids is 1. The molecule has 2 N–H and O–H groups in total. The number of carboxylic acid groups (broad SMARTS) is 1. The van der Waals surface area contributed by atoms with Crippen molar-refractivity contribution in [2.75, 3.05) is 5.32 Å². The Bertz CT molecular complexity index is 446. The van der Waals surface area contributed by atoms with Crippen molar-refractivity contribution >= 4 is 28.3 Å². The van der Waals surface area contributed by atoms with Crippen LogP contribution in [-0.4, -0.2) is 22.0 Å². The number of nitrogens with zero attached hydrogens (tertiary/aromatic N) is 1. The molecule has 0 fully saturated rings. The Balaban J connectivity index is 2.13. The van der Waals surface area contributed by atoms with Gasteiger partial charge in [-0.3, -0.25) is 9.59 Å². The third-order valence-electron chi connectivity index (χ3n) is 3.14. The van der Waals surface area contributed by atoms with Crippen molar-refractivity contribution in [2.24, 2.45) is 0 Å². The molecule has 0 aliphatic rings. The lowest BCUT2D eigenvalue weighted by Crippen LogP contribution is -2.11. The fourth-order valence-electron chi connectivity index (χ4n) is 2.02. The Kier molecular flexibility index (Phi) is 8.66. The number of carboxylic acids is 1.